The van der Waals surface area contributed by atoms with E-state index in [9.17, 15) is 4.79 Å². The second-order valence-electron chi connectivity index (χ2n) is 7.93. The second-order valence-corrected chi connectivity index (χ2v) is 8.79. The Balaban J connectivity index is 1.61. The predicted octanol–water partition coefficient (Wildman–Crippen LogP) is 5.82. The number of carbonyl (C=O) groups excluding carboxylic acids is 1. The first-order valence-corrected chi connectivity index (χ1v) is 10.2. The van der Waals surface area contributed by atoms with E-state index in [0.717, 1.165) is 11.3 Å². The molecule has 0 fully saturated rings. The summed E-state index contributed by atoms with van der Waals surface area (Å²) in [4.78, 5) is 17.0. The predicted molar refractivity (Wildman–Crippen MR) is 116 cm³/mol. The lowest BCUT2D eigenvalue weighted by molar-refractivity contribution is -0.122. The van der Waals surface area contributed by atoms with E-state index in [0.29, 0.717) is 10.9 Å². The summed E-state index contributed by atoms with van der Waals surface area (Å²) < 4.78 is 5.79. The van der Waals surface area contributed by atoms with Gasteiger partial charge in [0.15, 0.2) is 11.2 Å². The fourth-order valence-electron chi connectivity index (χ4n) is 2.69. The van der Waals surface area contributed by atoms with Crippen molar-refractivity contribution >= 4 is 22.4 Å². The Morgan fingerprint density at radius 1 is 1.07 bits per heavy atom. The second kappa shape index (κ2) is 8.15. The Hall–Kier alpha value is -2.66. The van der Waals surface area contributed by atoms with Crippen LogP contribution >= 0.6 is 11.3 Å². The number of anilines is 1. The zero-order chi connectivity index (χ0) is 20.3. The maximum absolute atomic E-state index is 12.5. The van der Waals surface area contributed by atoms with Crippen molar-refractivity contribution in [3.05, 3.63) is 65.0 Å². The number of hydrogen-bond acceptors (Lipinski definition) is 4. The van der Waals surface area contributed by atoms with Gasteiger partial charge in [-0.2, -0.15) is 0 Å². The molecule has 0 spiro atoms. The number of nitrogens with one attached hydrogen (secondary N) is 1. The van der Waals surface area contributed by atoms with Crippen LogP contribution in [0.4, 0.5) is 5.13 Å². The SMILES string of the molecule is Cc1ccc(-c2csc(NC(=O)C(C)Oc3ccc(C(C)(C)C)cc3)n2)cc1. The molecule has 2 aromatic carbocycles. The van der Waals surface area contributed by atoms with Crippen molar-refractivity contribution in [2.24, 2.45) is 0 Å². The van der Waals surface area contributed by atoms with Gasteiger partial charge < -0.3 is 4.74 Å². The highest BCUT2D eigenvalue weighted by atomic mass is 32.1. The van der Waals surface area contributed by atoms with Gasteiger partial charge in [-0.15, -0.1) is 11.3 Å². The highest BCUT2D eigenvalue weighted by molar-refractivity contribution is 7.14. The van der Waals surface area contributed by atoms with Crippen molar-refractivity contribution in [2.75, 3.05) is 5.32 Å². The third kappa shape index (κ3) is 4.98. The number of thiazole rings is 1. The monoisotopic (exact) mass is 394 g/mol. The number of aryl methyl sites for hydroxylation is 1. The van der Waals surface area contributed by atoms with Crippen molar-refractivity contribution in [1.82, 2.24) is 4.98 Å². The summed E-state index contributed by atoms with van der Waals surface area (Å²) in [6, 6.07) is 16.0. The summed E-state index contributed by atoms with van der Waals surface area (Å²) in [5, 5.41) is 5.35. The van der Waals surface area contributed by atoms with Crippen LogP contribution in [0.1, 0.15) is 38.8 Å². The van der Waals surface area contributed by atoms with E-state index >= 15 is 0 Å². The Kier molecular flexibility index (Phi) is 5.84. The van der Waals surface area contributed by atoms with Gasteiger partial charge in [-0.25, -0.2) is 4.98 Å². The van der Waals surface area contributed by atoms with E-state index in [4.69, 9.17) is 4.74 Å². The average Bonchev–Trinajstić information content (AvgIpc) is 3.10. The van der Waals surface area contributed by atoms with Gasteiger partial charge in [0.1, 0.15) is 5.75 Å². The number of ether oxygens (including phenoxy) is 1. The van der Waals surface area contributed by atoms with Crippen LogP contribution in [0.25, 0.3) is 11.3 Å². The molecule has 146 valence electrons. The summed E-state index contributed by atoms with van der Waals surface area (Å²) in [7, 11) is 0. The number of carbonyl (C=O) groups is 1. The first kappa shape index (κ1) is 20.1. The number of amides is 1. The molecular weight excluding hydrogens is 368 g/mol. The third-order valence-electron chi connectivity index (χ3n) is 4.48. The highest BCUT2D eigenvalue weighted by Gasteiger charge is 2.18. The van der Waals surface area contributed by atoms with E-state index in [2.05, 4.69) is 38.0 Å². The molecule has 0 radical (unpaired) electrons. The van der Waals surface area contributed by atoms with Gasteiger partial charge in [-0.1, -0.05) is 62.7 Å². The van der Waals surface area contributed by atoms with Crippen LogP contribution in [-0.2, 0) is 10.2 Å². The van der Waals surface area contributed by atoms with Crippen LogP contribution in [0, 0.1) is 6.92 Å². The minimum atomic E-state index is -0.618. The molecule has 1 aromatic heterocycles. The summed E-state index contributed by atoms with van der Waals surface area (Å²) in [6.07, 6.45) is -0.618. The van der Waals surface area contributed by atoms with Crippen molar-refractivity contribution in [2.45, 2.75) is 46.1 Å². The van der Waals surface area contributed by atoms with Crippen LogP contribution in [0.3, 0.4) is 0 Å². The van der Waals surface area contributed by atoms with Crippen molar-refractivity contribution in [3.63, 3.8) is 0 Å². The minimum absolute atomic E-state index is 0.0848. The molecule has 0 bridgehead atoms. The molecule has 3 aromatic rings. The zero-order valence-corrected chi connectivity index (χ0v) is 17.8. The maximum atomic E-state index is 12.5. The Bertz CT molecular complexity index is 938. The summed E-state index contributed by atoms with van der Waals surface area (Å²) in [5.41, 5.74) is 4.40. The molecule has 3 rings (SSSR count). The van der Waals surface area contributed by atoms with E-state index in [-0.39, 0.29) is 11.3 Å². The van der Waals surface area contributed by atoms with Crippen molar-refractivity contribution in [1.29, 1.82) is 0 Å². The number of nitrogens with zero attached hydrogens (tertiary/aromatic N) is 1. The minimum Gasteiger partial charge on any atom is -0.481 e. The van der Waals surface area contributed by atoms with E-state index < -0.39 is 6.10 Å². The quantitative estimate of drug-likeness (QED) is 0.593. The number of rotatable bonds is 5. The Morgan fingerprint density at radius 3 is 2.32 bits per heavy atom. The van der Waals surface area contributed by atoms with Gasteiger partial charge >= 0.3 is 0 Å². The van der Waals surface area contributed by atoms with Crippen LogP contribution in [0.2, 0.25) is 0 Å². The first-order chi connectivity index (χ1) is 13.2. The molecule has 5 heteroatoms. The van der Waals surface area contributed by atoms with Gasteiger partial charge in [0.2, 0.25) is 0 Å². The van der Waals surface area contributed by atoms with E-state index in [1.54, 1.807) is 6.92 Å². The molecule has 0 saturated heterocycles. The van der Waals surface area contributed by atoms with Gasteiger partial charge in [0.05, 0.1) is 5.69 Å². The van der Waals surface area contributed by atoms with Crippen LogP contribution in [-0.4, -0.2) is 17.0 Å². The molecule has 1 heterocycles. The smallest absolute Gasteiger partial charge is 0.266 e. The van der Waals surface area contributed by atoms with E-state index in [1.807, 2.05) is 53.9 Å². The van der Waals surface area contributed by atoms with Crippen molar-refractivity contribution in [3.8, 4) is 17.0 Å². The van der Waals surface area contributed by atoms with Crippen LogP contribution in [0.5, 0.6) is 5.75 Å². The van der Waals surface area contributed by atoms with Gasteiger partial charge in [-0.05, 0) is 37.0 Å². The lowest BCUT2D eigenvalue weighted by Gasteiger charge is -2.20. The molecule has 28 heavy (non-hydrogen) atoms. The van der Waals surface area contributed by atoms with E-state index in [1.165, 1.54) is 22.5 Å². The van der Waals surface area contributed by atoms with Gasteiger partial charge in [-0.3, -0.25) is 10.1 Å². The fraction of sp³-hybridized carbons (Fsp3) is 0.304. The highest BCUT2D eigenvalue weighted by Crippen LogP contribution is 2.26. The number of hydrogen-bond donors (Lipinski definition) is 1. The molecule has 0 aliphatic rings. The number of benzene rings is 2. The van der Waals surface area contributed by atoms with Gasteiger partial charge in [0, 0.05) is 10.9 Å². The fourth-order valence-corrected chi connectivity index (χ4v) is 3.41. The first-order valence-electron chi connectivity index (χ1n) is 9.33. The molecule has 4 nitrogen and oxygen atoms in total. The summed E-state index contributed by atoms with van der Waals surface area (Å²) in [5.74, 6) is 0.458. The maximum Gasteiger partial charge on any atom is 0.266 e. The topological polar surface area (TPSA) is 51.2 Å². The van der Waals surface area contributed by atoms with Gasteiger partial charge in [0.25, 0.3) is 5.91 Å². The summed E-state index contributed by atoms with van der Waals surface area (Å²) >= 11 is 1.41. The van der Waals surface area contributed by atoms with Crippen LogP contribution < -0.4 is 10.1 Å². The third-order valence-corrected chi connectivity index (χ3v) is 5.24. The molecule has 1 amide bonds. The molecule has 0 aliphatic carbocycles. The molecule has 1 N–H and O–H groups in total. The Labute approximate surface area is 170 Å². The largest absolute Gasteiger partial charge is 0.481 e. The summed E-state index contributed by atoms with van der Waals surface area (Å²) in [6.45, 7) is 10.3. The van der Waals surface area contributed by atoms with Crippen molar-refractivity contribution < 1.29 is 9.53 Å². The average molecular weight is 395 g/mol. The standard InChI is InChI=1S/C23H26N2O2S/c1-15-6-8-17(9-7-15)20-14-28-22(24-20)25-21(26)16(2)27-19-12-10-18(11-13-19)23(3,4)5/h6-14,16H,1-5H3,(H,24,25,26). The lowest BCUT2D eigenvalue weighted by Crippen LogP contribution is -2.30. The lowest BCUT2D eigenvalue weighted by atomic mass is 9.87. The molecular formula is C23H26N2O2S. The number of aromatic nitrogens is 1. The zero-order valence-electron chi connectivity index (χ0n) is 16.9. The molecule has 0 aliphatic heterocycles. The molecule has 1 atom stereocenters. The van der Waals surface area contributed by atoms with Crippen LogP contribution in [0.15, 0.2) is 53.9 Å². The molecule has 0 saturated carbocycles. The molecule has 1 unspecified atom stereocenters. The Morgan fingerprint density at radius 2 is 1.71 bits per heavy atom. The normalized spacial score (nSPS) is 12.5.